The molecule has 1 fully saturated rings. The van der Waals surface area contributed by atoms with Gasteiger partial charge in [-0.1, -0.05) is 18.2 Å². The first kappa shape index (κ1) is 20.4. The van der Waals surface area contributed by atoms with Crippen LogP contribution >= 0.6 is 0 Å². The van der Waals surface area contributed by atoms with E-state index in [2.05, 4.69) is 5.32 Å². The Hall–Kier alpha value is -3.35. The lowest BCUT2D eigenvalue weighted by molar-refractivity contribution is -0.137. The van der Waals surface area contributed by atoms with Crippen LogP contribution in [0.4, 0.5) is 5.69 Å². The summed E-state index contributed by atoms with van der Waals surface area (Å²) in [6, 6.07) is 16.5. The van der Waals surface area contributed by atoms with E-state index >= 15 is 0 Å². The summed E-state index contributed by atoms with van der Waals surface area (Å²) in [6.45, 7) is 0.415. The molecule has 2 amide bonds. The second-order valence-electron chi connectivity index (χ2n) is 6.98. The Morgan fingerprint density at radius 1 is 1.00 bits per heavy atom. The van der Waals surface area contributed by atoms with Crippen LogP contribution in [-0.4, -0.2) is 35.5 Å². The standard InChI is InChI=1S/C22H24N2O5/c25-20(8-4-5-9-22(27)28)23-16-14-21(26)24(15-16)17-10-12-19(13-11-17)29-18-6-2-1-3-7-18/h1-3,6-7,10-13,16H,4-5,8-9,14-15H2,(H,23,25)(H,27,28). The number of para-hydroxylation sites is 1. The van der Waals surface area contributed by atoms with E-state index in [0.717, 1.165) is 11.4 Å². The van der Waals surface area contributed by atoms with Crippen molar-refractivity contribution in [3.8, 4) is 11.5 Å². The number of hydrogen-bond acceptors (Lipinski definition) is 4. The van der Waals surface area contributed by atoms with Crippen LogP contribution in [0.2, 0.25) is 0 Å². The molecule has 0 aromatic heterocycles. The Kier molecular flexibility index (Phi) is 6.84. The van der Waals surface area contributed by atoms with Crippen molar-refractivity contribution in [3.05, 3.63) is 54.6 Å². The summed E-state index contributed by atoms with van der Waals surface area (Å²) in [5.41, 5.74) is 0.758. The fraction of sp³-hybridized carbons (Fsp3) is 0.318. The minimum absolute atomic E-state index is 0.0436. The Labute approximate surface area is 169 Å². The van der Waals surface area contributed by atoms with E-state index in [-0.39, 0.29) is 37.1 Å². The molecule has 1 aliphatic heterocycles. The molecular weight excluding hydrogens is 372 g/mol. The molecule has 1 heterocycles. The van der Waals surface area contributed by atoms with Gasteiger partial charge in [0.15, 0.2) is 0 Å². The zero-order chi connectivity index (χ0) is 20.6. The first-order valence-electron chi connectivity index (χ1n) is 9.66. The van der Waals surface area contributed by atoms with E-state index in [4.69, 9.17) is 9.84 Å². The molecule has 0 bridgehead atoms. The molecule has 2 aromatic carbocycles. The predicted molar refractivity (Wildman–Crippen MR) is 108 cm³/mol. The number of ether oxygens (including phenoxy) is 1. The van der Waals surface area contributed by atoms with Crippen LogP contribution in [0.5, 0.6) is 11.5 Å². The molecule has 0 spiro atoms. The maximum absolute atomic E-state index is 12.4. The highest BCUT2D eigenvalue weighted by atomic mass is 16.5. The first-order valence-corrected chi connectivity index (χ1v) is 9.66. The number of carbonyl (C=O) groups excluding carboxylic acids is 2. The summed E-state index contributed by atoms with van der Waals surface area (Å²) in [5, 5.41) is 11.5. The number of hydrogen-bond donors (Lipinski definition) is 2. The van der Waals surface area contributed by atoms with E-state index in [1.807, 2.05) is 54.6 Å². The van der Waals surface area contributed by atoms with Gasteiger partial charge in [-0.25, -0.2) is 0 Å². The van der Waals surface area contributed by atoms with Gasteiger partial charge in [0, 0.05) is 31.5 Å². The lowest BCUT2D eigenvalue weighted by Crippen LogP contribution is -2.37. The topological polar surface area (TPSA) is 95.9 Å². The fourth-order valence-corrected chi connectivity index (χ4v) is 3.23. The van der Waals surface area contributed by atoms with Gasteiger partial charge in [0.1, 0.15) is 11.5 Å². The third-order valence-corrected chi connectivity index (χ3v) is 4.66. The third-order valence-electron chi connectivity index (χ3n) is 4.66. The molecule has 7 heteroatoms. The maximum Gasteiger partial charge on any atom is 0.303 e. The molecule has 0 saturated carbocycles. The van der Waals surface area contributed by atoms with Crippen LogP contribution in [0.25, 0.3) is 0 Å². The van der Waals surface area contributed by atoms with Gasteiger partial charge in [-0.15, -0.1) is 0 Å². The minimum atomic E-state index is -0.859. The number of nitrogens with zero attached hydrogens (tertiary/aromatic N) is 1. The number of nitrogens with one attached hydrogen (secondary N) is 1. The molecule has 152 valence electrons. The first-order chi connectivity index (χ1) is 14.0. The summed E-state index contributed by atoms with van der Waals surface area (Å²) in [4.78, 5) is 36.5. The zero-order valence-corrected chi connectivity index (χ0v) is 16.0. The monoisotopic (exact) mass is 396 g/mol. The lowest BCUT2D eigenvalue weighted by atomic mass is 10.1. The molecule has 1 atom stereocenters. The van der Waals surface area contributed by atoms with Gasteiger partial charge in [0.2, 0.25) is 11.8 Å². The van der Waals surface area contributed by atoms with Crippen LogP contribution in [-0.2, 0) is 14.4 Å². The molecule has 0 radical (unpaired) electrons. The third kappa shape index (κ3) is 6.07. The van der Waals surface area contributed by atoms with E-state index in [9.17, 15) is 14.4 Å². The molecule has 1 aliphatic rings. The number of carboxylic acids is 1. The van der Waals surface area contributed by atoms with E-state index < -0.39 is 5.97 Å². The number of carboxylic acid groups (broad SMARTS) is 1. The minimum Gasteiger partial charge on any atom is -0.481 e. The van der Waals surface area contributed by atoms with Gasteiger partial charge < -0.3 is 20.1 Å². The van der Waals surface area contributed by atoms with Crippen molar-refractivity contribution in [3.63, 3.8) is 0 Å². The Morgan fingerprint density at radius 3 is 2.34 bits per heavy atom. The van der Waals surface area contributed by atoms with Crippen molar-refractivity contribution >= 4 is 23.5 Å². The fourth-order valence-electron chi connectivity index (χ4n) is 3.23. The van der Waals surface area contributed by atoms with Crippen LogP contribution < -0.4 is 15.0 Å². The molecule has 2 N–H and O–H groups in total. The molecule has 2 aromatic rings. The van der Waals surface area contributed by atoms with Crippen molar-refractivity contribution in [1.82, 2.24) is 5.32 Å². The van der Waals surface area contributed by atoms with Crippen LogP contribution in [0.1, 0.15) is 32.1 Å². The van der Waals surface area contributed by atoms with Gasteiger partial charge in [-0.2, -0.15) is 0 Å². The second kappa shape index (κ2) is 9.73. The average molecular weight is 396 g/mol. The zero-order valence-electron chi connectivity index (χ0n) is 16.0. The highest BCUT2D eigenvalue weighted by molar-refractivity contribution is 5.96. The van der Waals surface area contributed by atoms with Crippen LogP contribution in [0, 0.1) is 0 Å². The number of amides is 2. The normalized spacial score (nSPS) is 15.9. The largest absolute Gasteiger partial charge is 0.481 e. The number of carbonyl (C=O) groups is 3. The molecule has 7 nitrogen and oxygen atoms in total. The Balaban J connectivity index is 1.49. The Bertz CT molecular complexity index is 851. The van der Waals surface area contributed by atoms with Crippen molar-refractivity contribution in [2.45, 2.75) is 38.1 Å². The number of benzene rings is 2. The molecule has 0 aliphatic carbocycles. The SMILES string of the molecule is O=C(O)CCCCC(=O)NC1CC(=O)N(c2ccc(Oc3ccccc3)cc2)C1. The number of unbranched alkanes of at least 4 members (excludes halogenated alkanes) is 1. The summed E-state index contributed by atoms with van der Waals surface area (Å²) in [7, 11) is 0. The van der Waals surface area contributed by atoms with E-state index in [1.54, 1.807) is 4.90 Å². The molecule has 3 rings (SSSR count). The van der Waals surface area contributed by atoms with E-state index in [0.29, 0.717) is 25.1 Å². The van der Waals surface area contributed by atoms with Gasteiger partial charge in [-0.3, -0.25) is 14.4 Å². The van der Waals surface area contributed by atoms with Crippen molar-refractivity contribution < 1.29 is 24.2 Å². The van der Waals surface area contributed by atoms with Crippen LogP contribution in [0.15, 0.2) is 54.6 Å². The van der Waals surface area contributed by atoms with E-state index in [1.165, 1.54) is 0 Å². The Morgan fingerprint density at radius 2 is 1.66 bits per heavy atom. The van der Waals surface area contributed by atoms with Gasteiger partial charge >= 0.3 is 5.97 Å². The second-order valence-corrected chi connectivity index (χ2v) is 6.98. The highest BCUT2D eigenvalue weighted by Gasteiger charge is 2.31. The molecular formula is C22H24N2O5. The quantitative estimate of drug-likeness (QED) is 0.634. The maximum atomic E-state index is 12.4. The summed E-state index contributed by atoms with van der Waals surface area (Å²) in [5.74, 6) is 0.364. The van der Waals surface area contributed by atoms with Gasteiger partial charge in [0.05, 0.1) is 6.04 Å². The number of aliphatic carboxylic acids is 1. The molecule has 29 heavy (non-hydrogen) atoms. The van der Waals surface area contributed by atoms with Crippen LogP contribution in [0.3, 0.4) is 0 Å². The predicted octanol–water partition coefficient (Wildman–Crippen LogP) is 3.35. The highest BCUT2D eigenvalue weighted by Crippen LogP contribution is 2.27. The average Bonchev–Trinajstić information content (AvgIpc) is 3.06. The van der Waals surface area contributed by atoms with Crippen molar-refractivity contribution in [1.29, 1.82) is 0 Å². The van der Waals surface area contributed by atoms with Gasteiger partial charge in [-0.05, 0) is 49.2 Å². The van der Waals surface area contributed by atoms with Crippen molar-refractivity contribution in [2.75, 3.05) is 11.4 Å². The molecule has 1 unspecified atom stereocenters. The number of anilines is 1. The van der Waals surface area contributed by atoms with Crippen molar-refractivity contribution in [2.24, 2.45) is 0 Å². The lowest BCUT2D eigenvalue weighted by Gasteiger charge is -2.18. The smallest absolute Gasteiger partial charge is 0.303 e. The molecule has 1 saturated heterocycles. The number of rotatable bonds is 9. The summed E-state index contributed by atoms with van der Waals surface area (Å²) in [6.07, 6.45) is 1.57. The summed E-state index contributed by atoms with van der Waals surface area (Å²) < 4.78 is 5.76. The van der Waals surface area contributed by atoms with Gasteiger partial charge in [0.25, 0.3) is 0 Å². The summed E-state index contributed by atoms with van der Waals surface area (Å²) >= 11 is 0.